The maximum Gasteiger partial charge on any atom is 0.257 e. The van der Waals surface area contributed by atoms with Crippen molar-refractivity contribution in [2.45, 2.75) is 0 Å². The van der Waals surface area contributed by atoms with Crippen LogP contribution in [-0.4, -0.2) is 45.1 Å². The van der Waals surface area contributed by atoms with E-state index < -0.39 is 0 Å². The first kappa shape index (κ1) is 14.6. The Kier molecular flexibility index (Phi) is 5.25. The standard InChI is InChI=1S/C12H18ClN3O2/c1-15-4-5-16(2)12(17)8-6-9(13)10(14)7-11(8)18-3/h6-7,15H,4-5,14H2,1-3H3. The summed E-state index contributed by atoms with van der Waals surface area (Å²) in [4.78, 5) is 13.8. The summed E-state index contributed by atoms with van der Waals surface area (Å²) in [6, 6.07) is 3.09. The lowest BCUT2D eigenvalue weighted by Crippen LogP contribution is -2.33. The molecule has 1 amide bonds. The molecule has 0 aromatic heterocycles. The molecule has 3 N–H and O–H groups in total. The minimum absolute atomic E-state index is 0.149. The molecule has 0 atom stereocenters. The van der Waals surface area contributed by atoms with Crippen molar-refractivity contribution in [1.82, 2.24) is 10.2 Å². The number of nitrogen functional groups attached to an aromatic ring is 1. The van der Waals surface area contributed by atoms with Crippen LogP contribution in [0.15, 0.2) is 12.1 Å². The second-order valence-corrected chi connectivity index (χ2v) is 4.31. The van der Waals surface area contributed by atoms with Crippen LogP contribution in [0.4, 0.5) is 5.69 Å². The van der Waals surface area contributed by atoms with E-state index in [0.717, 1.165) is 0 Å². The molecule has 0 spiro atoms. The fraction of sp³-hybridized carbons (Fsp3) is 0.417. The third-order valence-corrected chi connectivity index (χ3v) is 2.92. The number of carbonyl (C=O) groups excluding carboxylic acids is 1. The van der Waals surface area contributed by atoms with Crippen molar-refractivity contribution in [3.05, 3.63) is 22.7 Å². The SMILES string of the molecule is CNCCN(C)C(=O)c1cc(Cl)c(N)cc1OC. The lowest BCUT2D eigenvalue weighted by Gasteiger charge is -2.19. The van der Waals surface area contributed by atoms with Crippen LogP contribution in [0, 0.1) is 0 Å². The van der Waals surface area contributed by atoms with Crippen LogP contribution in [0.1, 0.15) is 10.4 Å². The smallest absolute Gasteiger partial charge is 0.257 e. The molecule has 0 aliphatic rings. The minimum Gasteiger partial charge on any atom is -0.496 e. The van der Waals surface area contributed by atoms with Gasteiger partial charge in [0.1, 0.15) is 5.75 Å². The molecule has 18 heavy (non-hydrogen) atoms. The highest BCUT2D eigenvalue weighted by atomic mass is 35.5. The molecule has 0 radical (unpaired) electrons. The highest BCUT2D eigenvalue weighted by molar-refractivity contribution is 6.33. The van der Waals surface area contributed by atoms with Gasteiger partial charge in [0.15, 0.2) is 0 Å². The fourth-order valence-corrected chi connectivity index (χ4v) is 1.66. The zero-order chi connectivity index (χ0) is 13.7. The number of amides is 1. The summed E-state index contributed by atoms with van der Waals surface area (Å²) in [5.41, 5.74) is 6.48. The third kappa shape index (κ3) is 3.27. The molecule has 1 aromatic rings. The van der Waals surface area contributed by atoms with Gasteiger partial charge in [0.05, 0.1) is 23.4 Å². The summed E-state index contributed by atoms with van der Waals surface area (Å²) < 4.78 is 5.16. The van der Waals surface area contributed by atoms with Gasteiger partial charge in [0.2, 0.25) is 0 Å². The number of ether oxygens (including phenoxy) is 1. The summed E-state index contributed by atoms with van der Waals surface area (Å²) in [6.45, 7) is 1.31. The van der Waals surface area contributed by atoms with Gasteiger partial charge in [-0.15, -0.1) is 0 Å². The van der Waals surface area contributed by atoms with Gasteiger partial charge in [0, 0.05) is 26.2 Å². The first-order valence-corrected chi connectivity index (χ1v) is 5.92. The van der Waals surface area contributed by atoms with E-state index in [1.807, 2.05) is 7.05 Å². The quantitative estimate of drug-likeness (QED) is 0.791. The van der Waals surface area contributed by atoms with E-state index in [-0.39, 0.29) is 5.91 Å². The second kappa shape index (κ2) is 6.47. The molecular formula is C12H18ClN3O2. The predicted molar refractivity (Wildman–Crippen MR) is 73.3 cm³/mol. The number of methoxy groups -OCH3 is 1. The molecule has 0 heterocycles. The Morgan fingerprint density at radius 3 is 2.78 bits per heavy atom. The number of carbonyl (C=O) groups is 1. The van der Waals surface area contributed by atoms with Gasteiger partial charge in [-0.2, -0.15) is 0 Å². The Bertz CT molecular complexity index is 438. The van der Waals surface area contributed by atoms with Crippen LogP contribution in [0.3, 0.4) is 0 Å². The minimum atomic E-state index is -0.149. The van der Waals surface area contributed by atoms with Crippen LogP contribution in [-0.2, 0) is 0 Å². The van der Waals surface area contributed by atoms with Crippen molar-refractivity contribution in [1.29, 1.82) is 0 Å². The van der Waals surface area contributed by atoms with Crippen molar-refractivity contribution in [3.63, 3.8) is 0 Å². The number of rotatable bonds is 5. The first-order valence-electron chi connectivity index (χ1n) is 5.54. The summed E-state index contributed by atoms with van der Waals surface area (Å²) >= 11 is 5.93. The number of nitrogens with two attached hydrogens (primary N) is 1. The molecule has 100 valence electrons. The van der Waals surface area contributed by atoms with E-state index in [1.54, 1.807) is 18.0 Å². The molecule has 0 fully saturated rings. The molecular weight excluding hydrogens is 254 g/mol. The van der Waals surface area contributed by atoms with Crippen molar-refractivity contribution >= 4 is 23.2 Å². The number of likely N-dealkylation sites (N-methyl/N-ethyl adjacent to an activating group) is 2. The molecule has 5 nitrogen and oxygen atoms in total. The predicted octanol–water partition coefficient (Wildman–Crippen LogP) is 1.22. The monoisotopic (exact) mass is 271 g/mol. The number of hydrogen-bond acceptors (Lipinski definition) is 4. The summed E-state index contributed by atoms with van der Waals surface area (Å²) in [5.74, 6) is 0.280. The molecule has 0 aliphatic carbocycles. The van der Waals surface area contributed by atoms with Gasteiger partial charge >= 0.3 is 0 Å². The highest BCUT2D eigenvalue weighted by Crippen LogP contribution is 2.29. The maximum atomic E-state index is 12.2. The first-order chi connectivity index (χ1) is 8.51. The Hall–Kier alpha value is -1.46. The lowest BCUT2D eigenvalue weighted by molar-refractivity contribution is 0.0793. The van der Waals surface area contributed by atoms with Crippen molar-refractivity contribution in [2.75, 3.05) is 40.0 Å². The van der Waals surface area contributed by atoms with E-state index >= 15 is 0 Å². The molecule has 1 aromatic carbocycles. The highest BCUT2D eigenvalue weighted by Gasteiger charge is 2.18. The second-order valence-electron chi connectivity index (χ2n) is 3.90. The van der Waals surface area contributed by atoms with Crippen LogP contribution in [0.5, 0.6) is 5.75 Å². The van der Waals surface area contributed by atoms with Gasteiger partial charge in [0.25, 0.3) is 5.91 Å². The molecule has 0 unspecified atom stereocenters. The van der Waals surface area contributed by atoms with Crippen molar-refractivity contribution in [3.8, 4) is 5.75 Å². The van der Waals surface area contributed by atoms with Crippen molar-refractivity contribution < 1.29 is 9.53 Å². The van der Waals surface area contributed by atoms with Gasteiger partial charge in [-0.1, -0.05) is 11.6 Å². The van der Waals surface area contributed by atoms with E-state index in [2.05, 4.69) is 5.32 Å². The van der Waals surface area contributed by atoms with Crippen molar-refractivity contribution in [2.24, 2.45) is 0 Å². The zero-order valence-corrected chi connectivity index (χ0v) is 11.5. The maximum absolute atomic E-state index is 12.2. The third-order valence-electron chi connectivity index (χ3n) is 2.59. The van der Waals surface area contributed by atoms with Gasteiger partial charge in [-0.25, -0.2) is 0 Å². The Labute approximate surface area is 112 Å². The summed E-state index contributed by atoms with van der Waals surface area (Å²) in [6.07, 6.45) is 0. The lowest BCUT2D eigenvalue weighted by atomic mass is 10.1. The average Bonchev–Trinajstić information content (AvgIpc) is 2.37. The van der Waals surface area contributed by atoms with E-state index in [9.17, 15) is 4.79 Å². The largest absolute Gasteiger partial charge is 0.496 e. The number of hydrogen-bond donors (Lipinski definition) is 2. The fourth-order valence-electron chi connectivity index (χ4n) is 1.49. The Morgan fingerprint density at radius 2 is 2.22 bits per heavy atom. The average molecular weight is 272 g/mol. The normalized spacial score (nSPS) is 10.2. The molecule has 6 heteroatoms. The topological polar surface area (TPSA) is 67.6 Å². The van der Waals surface area contributed by atoms with Gasteiger partial charge in [-0.3, -0.25) is 4.79 Å². The Morgan fingerprint density at radius 1 is 1.56 bits per heavy atom. The van der Waals surface area contributed by atoms with Gasteiger partial charge in [-0.05, 0) is 13.1 Å². The van der Waals surface area contributed by atoms with Crippen LogP contribution < -0.4 is 15.8 Å². The van der Waals surface area contributed by atoms with Crippen LogP contribution in [0.25, 0.3) is 0 Å². The molecule has 0 bridgehead atoms. The number of nitrogens with zero attached hydrogens (tertiary/aromatic N) is 1. The van der Waals surface area contributed by atoms with Gasteiger partial charge < -0.3 is 20.7 Å². The number of anilines is 1. The molecule has 0 aliphatic heterocycles. The molecule has 1 rings (SSSR count). The number of halogens is 1. The summed E-state index contributed by atoms with van der Waals surface area (Å²) in [7, 11) is 5.05. The Balaban J connectivity index is 3.00. The van der Waals surface area contributed by atoms with Crippen LogP contribution >= 0.6 is 11.6 Å². The number of benzene rings is 1. The van der Waals surface area contributed by atoms with E-state index in [4.69, 9.17) is 22.1 Å². The molecule has 0 saturated heterocycles. The van der Waals surface area contributed by atoms with E-state index in [1.165, 1.54) is 13.2 Å². The molecule has 0 saturated carbocycles. The van der Waals surface area contributed by atoms with E-state index in [0.29, 0.717) is 35.1 Å². The summed E-state index contributed by atoms with van der Waals surface area (Å²) in [5, 5.41) is 3.33. The zero-order valence-electron chi connectivity index (χ0n) is 10.8. The van der Waals surface area contributed by atoms with Crippen LogP contribution in [0.2, 0.25) is 5.02 Å². The number of nitrogens with one attached hydrogen (secondary N) is 1.